The lowest BCUT2D eigenvalue weighted by molar-refractivity contribution is 0.243. The zero-order valence-corrected chi connectivity index (χ0v) is 7.24. The number of hydrazine groups is 1. The number of nitrogen functional groups attached to an aromatic ring is 1. The lowest BCUT2D eigenvalue weighted by Gasteiger charge is -2.11. The van der Waals surface area contributed by atoms with Gasteiger partial charge in [-0.3, -0.25) is 0 Å². The van der Waals surface area contributed by atoms with Gasteiger partial charge in [0.15, 0.2) is 11.6 Å². The predicted octanol–water partition coefficient (Wildman–Crippen LogP) is 1.15. The molecular formula is C8H13N3O. The smallest absolute Gasteiger partial charge is 0.182 e. The van der Waals surface area contributed by atoms with Gasteiger partial charge < -0.3 is 10.2 Å². The van der Waals surface area contributed by atoms with E-state index in [2.05, 4.69) is 10.4 Å². The number of aromatic nitrogens is 1. The molecule has 66 valence electrons. The minimum atomic E-state index is 0.126. The Bertz CT molecular complexity index is 250. The first-order valence-corrected chi connectivity index (χ1v) is 3.82. The molecular weight excluding hydrogens is 154 g/mol. The molecule has 0 aliphatic carbocycles. The van der Waals surface area contributed by atoms with Crippen LogP contribution in [0, 0.1) is 0 Å². The molecule has 0 radical (unpaired) electrons. The van der Waals surface area contributed by atoms with Gasteiger partial charge in [-0.2, -0.15) is 0 Å². The van der Waals surface area contributed by atoms with E-state index in [9.17, 15) is 0 Å². The normalized spacial score (nSPS) is 10.0. The number of hydrogen-bond donors (Lipinski definition) is 2. The summed E-state index contributed by atoms with van der Waals surface area (Å²) in [4.78, 5) is 3.99. The summed E-state index contributed by atoms with van der Waals surface area (Å²) in [5, 5.41) is 0. The number of anilines is 1. The Morgan fingerprint density at radius 1 is 1.58 bits per heavy atom. The molecule has 0 spiro atoms. The van der Waals surface area contributed by atoms with Crippen molar-refractivity contribution in [2.45, 2.75) is 20.0 Å². The second-order valence-electron chi connectivity index (χ2n) is 2.66. The summed E-state index contributed by atoms with van der Waals surface area (Å²) in [5.41, 5.74) is 2.46. The zero-order chi connectivity index (χ0) is 8.97. The van der Waals surface area contributed by atoms with E-state index in [4.69, 9.17) is 10.6 Å². The summed E-state index contributed by atoms with van der Waals surface area (Å²) in [5.74, 6) is 6.47. The van der Waals surface area contributed by atoms with Crippen molar-refractivity contribution >= 4 is 5.82 Å². The maximum Gasteiger partial charge on any atom is 0.182 e. The van der Waals surface area contributed by atoms with Crippen LogP contribution in [0.4, 0.5) is 5.82 Å². The standard InChI is InChI=1S/C8H13N3O/c1-6(2)12-7-4-3-5-10-8(7)11-9/h3-6H,9H2,1-2H3,(H,10,11). The summed E-state index contributed by atoms with van der Waals surface area (Å²) in [6, 6.07) is 3.63. The quantitative estimate of drug-likeness (QED) is 0.523. The molecule has 4 nitrogen and oxygen atoms in total. The number of nitrogens with two attached hydrogens (primary N) is 1. The van der Waals surface area contributed by atoms with Crippen LogP contribution in [-0.2, 0) is 0 Å². The highest BCUT2D eigenvalue weighted by molar-refractivity contribution is 5.48. The Morgan fingerprint density at radius 3 is 2.92 bits per heavy atom. The number of pyridine rings is 1. The third-order valence-electron chi connectivity index (χ3n) is 1.27. The molecule has 0 unspecified atom stereocenters. The molecule has 3 N–H and O–H groups in total. The zero-order valence-electron chi connectivity index (χ0n) is 7.24. The SMILES string of the molecule is CC(C)Oc1cccnc1NN. The molecule has 0 atom stereocenters. The summed E-state index contributed by atoms with van der Waals surface area (Å²) in [6.45, 7) is 3.90. The topological polar surface area (TPSA) is 60.2 Å². The number of nitrogens with zero attached hydrogens (tertiary/aromatic N) is 1. The molecule has 0 fully saturated rings. The van der Waals surface area contributed by atoms with Gasteiger partial charge in [0.05, 0.1) is 6.10 Å². The molecule has 1 aromatic heterocycles. The first kappa shape index (κ1) is 8.80. The lowest BCUT2D eigenvalue weighted by Crippen LogP contribution is -2.13. The fraction of sp³-hybridized carbons (Fsp3) is 0.375. The number of rotatable bonds is 3. The highest BCUT2D eigenvalue weighted by Crippen LogP contribution is 2.20. The van der Waals surface area contributed by atoms with E-state index in [0.717, 1.165) is 0 Å². The van der Waals surface area contributed by atoms with E-state index < -0.39 is 0 Å². The van der Waals surface area contributed by atoms with E-state index in [1.807, 2.05) is 19.9 Å². The first-order valence-electron chi connectivity index (χ1n) is 3.82. The second kappa shape index (κ2) is 3.92. The molecule has 12 heavy (non-hydrogen) atoms. The third-order valence-corrected chi connectivity index (χ3v) is 1.27. The summed E-state index contributed by atoms with van der Waals surface area (Å²) < 4.78 is 5.43. The molecule has 1 aromatic rings. The van der Waals surface area contributed by atoms with Gasteiger partial charge in [0.2, 0.25) is 0 Å². The average molecular weight is 167 g/mol. The van der Waals surface area contributed by atoms with Gasteiger partial charge in [-0.15, -0.1) is 0 Å². The number of hydrogen-bond acceptors (Lipinski definition) is 4. The highest BCUT2D eigenvalue weighted by Gasteiger charge is 2.03. The minimum Gasteiger partial charge on any atom is -0.487 e. The van der Waals surface area contributed by atoms with Gasteiger partial charge in [-0.1, -0.05) is 0 Å². The van der Waals surface area contributed by atoms with Crippen LogP contribution in [0.1, 0.15) is 13.8 Å². The fourth-order valence-corrected chi connectivity index (χ4v) is 0.848. The van der Waals surface area contributed by atoms with Crippen LogP contribution in [0.25, 0.3) is 0 Å². The summed E-state index contributed by atoms with van der Waals surface area (Å²) >= 11 is 0. The van der Waals surface area contributed by atoms with Crippen molar-refractivity contribution in [3.05, 3.63) is 18.3 Å². The first-order chi connectivity index (χ1) is 5.74. The Morgan fingerprint density at radius 2 is 2.33 bits per heavy atom. The molecule has 0 saturated carbocycles. The molecule has 0 aliphatic rings. The summed E-state index contributed by atoms with van der Waals surface area (Å²) in [6.07, 6.45) is 1.78. The maximum absolute atomic E-state index is 5.43. The van der Waals surface area contributed by atoms with Gasteiger partial charge in [-0.05, 0) is 26.0 Å². The molecule has 1 rings (SSSR count). The van der Waals surface area contributed by atoms with Crippen LogP contribution in [-0.4, -0.2) is 11.1 Å². The average Bonchev–Trinajstić information content (AvgIpc) is 2.04. The van der Waals surface area contributed by atoms with E-state index in [0.29, 0.717) is 11.6 Å². The molecule has 0 aromatic carbocycles. The van der Waals surface area contributed by atoms with E-state index >= 15 is 0 Å². The van der Waals surface area contributed by atoms with E-state index in [1.165, 1.54) is 0 Å². The van der Waals surface area contributed by atoms with Crippen molar-refractivity contribution in [2.24, 2.45) is 5.84 Å². The fourth-order valence-electron chi connectivity index (χ4n) is 0.848. The van der Waals surface area contributed by atoms with Crippen molar-refractivity contribution in [3.8, 4) is 5.75 Å². The van der Waals surface area contributed by atoms with Gasteiger partial charge in [-0.25, -0.2) is 10.8 Å². The molecule has 0 aliphatic heterocycles. The van der Waals surface area contributed by atoms with Crippen LogP contribution in [0.3, 0.4) is 0 Å². The van der Waals surface area contributed by atoms with Crippen molar-refractivity contribution in [1.82, 2.24) is 4.98 Å². The third kappa shape index (κ3) is 2.10. The van der Waals surface area contributed by atoms with Crippen LogP contribution < -0.4 is 16.0 Å². The molecule has 1 heterocycles. The molecule has 4 heteroatoms. The Kier molecular flexibility index (Phi) is 2.88. The van der Waals surface area contributed by atoms with Crippen molar-refractivity contribution in [1.29, 1.82) is 0 Å². The van der Waals surface area contributed by atoms with Crippen LogP contribution in [0.2, 0.25) is 0 Å². The second-order valence-corrected chi connectivity index (χ2v) is 2.66. The minimum absolute atomic E-state index is 0.126. The van der Waals surface area contributed by atoms with Crippen molar-refractivity contribution < 1.29 is 4.74 Å². The van der Waals surface area contributed by atoms with E-state index in [1.54, 1.807) is 12.3 Å². The highest BCUT2D eigenvalue weighted by atomic mass is 16.5. The maximum atomic E-state index is 5.43. The van der Waals surface area contributed by atoms with Gasteiger partial charge >= 0.3 is 0 Å². The van der Waals surface area contributed by atoms with E-state index in [-0.39, 0.29) is 6.10 Å². The molecule has 0 amide bonds. The van der Waals surface area contributed by atoms with Crippen LogP contribution in [0.5, 0.6) is 5.75 Å². The molecule has 0 saturated heterocycles. The summed E-state index contributed by atoms with van der Waals surface area (Å²) in [7, 11) is 0. The van der Waals surface area contributed by atoms with Crippen LogP contribution >= 0.6 is 0 Å². The monoisotopic (exact) mass is 167 g/mol. The Hall–Kier alpha value is -1.29. The van der Waals surface area contributed by atoms with Crippen molar-refractivity contribution in [3.63, 3.8) is 0 Å². The van der Waals surface area contributed by atoms with Gasteiger partial charge in [0.1, 0.15) is 0 Å². The van der Waals surface area contributed by atoms with Gasteiger partial charge in [0.25, 0.3) is 0 Å². The van der Waals surface area contributed by atoms with Crippen molar-refractivity contribution in [2.75, 3.05) is 5.43 Å². The number of ether oxygens (including phenoxy) is 1. The lowest BCUT2D eigenvalue weighted by atomic mass is 10.4. The Labute approximate surface area is 71.7 Å². The largest absolute Gasteiger partial charge is 0.487 e. The van der Waals surface area contributed by atoms with Crippen LogP contribution in [0.15, 0.2) is 18.3 Å². The van der Waals surface area contributed by atoms with Gasteiger partial charge in [0, 0.05) is 6.20 Å². The number of nitrogens with one attached hydrogen (secondary N) is 1. The molecule has 0 bridgehead atoms. The Balaban J connectivity index is 2.82. The predicted molar refractivity (Wildman–Crippen MR) is 47.8 cm³/mol.